The summed E-state index contributed by atoms with van der Waals surface area (Å²) in [5.74, 6) is 6.87. The van der Waals surface area contributed by atoms with Crippen molar-refractivity contribution in [3.8, 4) is 0 Å². The Bertz CT molecular complexity index is 721. The van der Waals surface area contributed by atoms with Crippen molar-refractivity contribution >= 4 is 28.6 Å². The van der Waals surface area contributed by atoms with Crippen LogP contribution in [0.5, 0.6) is 0 Å². The van der Waals surface area contributed by atoms with Crippen molar-refractivity contribution in [2.24, 2.45) is 5.84 Å². The zero-order valence-electron chi connectivity index (χ0n) is 11.6. The Kier molecular flexibility index (Phi) is 4.03. The number of nitrogen functional groups attached to an aromatic ring is 1. The Balaban J connectivity index is 1.90. The molecule has 0 saturated carbocycles. The normalized spacial score (nSPS) is 11.0. The molecule has 0 unspecified atom stereocenters. The first-order valence-electron chi connectivity index (χ1n) is 6.75. The average Bonchev–Trinajstić information content (AvgIpc) is 2.89. The van der Waals surface area contributed by atoms with Gasteiger partial charge >= 0.3 is 0 Å². The molecule has 21 heavy (non-hydrogen) atoms. The maximum atomic E-state index is 5.47. The number of rotatable bonds is 5. The lowest BCUT2D eigenvalue weighted by Gasteiger charge is -2.05. The van der Waals surface area contributed by atoms with Gasteiger partial charge in [0.25, 0.3) is 0 Å². The summed E-state index contributed by atoms with van der Waals surface area (Å²) in [6, 6.07) is 9.75. The Labute approximate surface area is 126 Å². The average molecular weight is 300 g/mol. The predicted molar refractivity (Wildman–Crippen MR) is 84.1 cm³/mol. The van der Waals surface area contributed by atoms with Crippen LogP contribution in [0.15, 0.2) is 40.5 Å². The second-order valence-corrected chi connectivity index (χ2v) is 5.57. The number of nitrogens with one attached hydrogen (secondary N) is 2. The van der Waals surface area contributed by atoms with E-state index in [2.05, 4.69) is 32.3 Å². The van der Waals surface area contributed by atoms with Gasteiger partial charge in [-0.1, -0.05) is 19.1 Å². The number of nitrogens with zero attached hydrogens (tertiary/aromatic N) is 3. The fourth-order valence-electron chi connectivity index (χ4n) is 2.01. The van der Waals surface area contributed by atoms with Gasteiger partial charge in [0.15, 0.2) is 5.16 Å². The van der Waals surface area contributed by atoms with Gasteiger partial charge in [-0.05, 0) is 30.3 Å². The molecule has 0 radical (unpaired) electrons. The number of hydrazine groups is 1. The molecule has 3 aromatic rings. The molecule has 0 fully saturated rings. The zero-order valence-corrected chi connectivity index (χ0v) is 12.4. The van der Waals surface area contributed by atoms with Crippen molar-refractivity contribution in [2.75, 3.05) is 5.43 Å². The van der Waals surface area contributed by atoms with Gasteiger partial charge in [0.2, 0.25) is 0 Å². The fourth-order valence-corrected chi connectivity index (χ4v) is 2.84. The number of anilines is 1. The zero-order chi connectivity index (χ0) is 14.7. The lowest BCUT2D eigenvalue weighted by molar-refractivity contribution is 0.809. The van der Waals surface area contributed by atoms with Gasteiger partial charge in [-0.3, -0.25) is 0 Å². The van der Waals surface area contributed by atoms with E-state index in [-0.39, 0.29) is 0 Å². The fraction of sp³-hybridized carbons (Fsp3) is 0.214. The third kappa shape index (κ3) is 3.14. The Morgan fingerprint density at radius 3 is 2.86 bits per heavy atom. The lowest BCUT2D eigenvalue weighted by atomic mass is 10.3. The molecule has 0 atom stereocenters. The van der Waals surface area contributed by atoms with E-state index in [1.54, 1.807) is 0 Å². The molecular formula is C14H16N6S. The molecule has 6 nitrogen and oxygen atoms in total. The molecule has 7 heteroatoms. The Morgan fingerprint density at radius 1 is 1.24 bits per heavy atom. The molecule has 2 aromatic heterocycles. The number of fused-ring (bicyclic) bond motifs is 1. The van der Waals surface area contributed by atoms with Crippen molar-refractivity contribution < 1.29 is 0 Å². The van der Waals surface area contributed by atoms with E-state index >= 15 is 0 Å². The minimum absolute atomic E-state index is 0.618. The number of hydrogen-bond acceptors (Lipinski definition) is 6. The van der Waals surface area contributed by atoms with Crippen molar-refractivity contribution in [3.63, 3.8) is 0 Å². The lowest BCUT2D eigenvalue weighted by Crippen LogP contribution is -2.10. The highest BCUT2D eigenvalue weighted by Crippen LogP contribution is 2.27. The van der Waals surface area contributed by atoms with Crippen LogP contribution in [-0.2, 0) is 6.42 Å². The van der Waals surface area contributed by atoms with Crippen LogP contribution >= 0.6 is 11.8 Å². The first kappa shape index (κ1) is 13.8. The highest BCUT2D eigenvalue weighted by atomic mass is 32.2. The number of aryl methyl sites for hydroxylation is 1. The third-order valence-electron chi connectivity index (χ3n) is 2.94. The van der Waals surface area contributed by atoms with Crippen LogP contribution in [0.2, 0.25) is 0 Å². The second-order valence-electron chi connectivity index (χ2n) is 4.56. The van der Waals surface area contributed by atoms with E-state index in [0.717, 1.165) is 39.9 Å². The summed E-state index contributed by atoms with van der Waals surface area (Å²) in [6.45, 7) is 2.10. The quantitative estimate of drug-likeness (QED) is 0.381. The number of hydrogen-bond donors (Lipinski definition) is 3. The largest absolute Gasteiger partial charge is 0.333 e. The summed E-state index contributed by atoms with van der Waals surface area (Å²) in [6.07, 6.45) is 1.81. The summed E-state index contributed by atoms with van der Waals surface area (Å²) >= 11 is 1.47. The molecule has 4 N–H and O–H groups in total. The maximum Gasteiger partial charge on any atom is 0.172 e. The van der Waals surface area contributed by atoms with Gasteiger partial charge in [-0.15, -0.1) is 0 Å². The summed E-state index contributed by atoms with van der Waals surface area (Å²) in [4.78, 5) is 16.7. The first-order valence-corrected chi connectivity index (χ1v) is 7.57. The third-order valence-corrected chi connectivity index (χ3v) is 3.74. The van der Waals surface area contributed by atoms with E-state index in [1.165, 1.54) is 11.8 Å². The Hall–Kier alpha value is -2.12. The van der Waals surface area contributed by atoms with Crippen molar-refractivity contribution in [1.82, 2.24) is 19.9 Å². The van der Waals surface area contributed by atoms with Gasteiger partial charge in [-0.2, -0.15) is 0 Å². The number of para-hydroxylation sites is 2. The summed E-state index contributed by atoms with van der Waals surface area (Å²) in [5.41, 5.74) is 4.54. The molecule has 0 saturated heterocycles. The smallest absolute Gasteiger partial charge is 0.172 e. The topological polar surface area (TPSA) is 92.5 Å². The number of benzene rings is 1. The van der Waals surface area contributed by atoms with Gasteiger partial charge in [0.1, 0.15) is 16.7 Å². The van der Waals surface area contributed by atoms with E-state index in [0.29, 0.717) is 5.82 Å². The molecule has 0 aliphatic carbocycles. The second kappa shape index (κ2) is 6.11. The highest BCUT2D eigenvalue weighted by molar-refractivity contribution is 7.99. The molecule has 0 aliphatic heterocycles. The van der Waals surface area contributed by atoms with E-state index in [9.17, 15) is 0 Å². The predicted octanol–water partition coefficient (Wildman–Crippen LogP) is 2.74. The monoisotopic (exact) mass is 300 g/mol. The van der Waals surface area contributed by atoms with Crippen LogP contribution in [-0.4, -0.2) is 19.9 Å². The summed E-state index contributed by atoms with van der Waals surface area (Å²) in [5, 5.41) is 1.63. The van der Waals surface area contributed by atoms with Crippen molar-refractivity contribution in [3.05, 3.63) is 36.2 Å². The molecule has 1 aromatic carbocycles. The highest BCUT2D eigenvalue weighted by Gasteiger charge is 2.08. The van der Waals surface area contributed by atoms with E-state index in [4.69, 9.17) is 5.84 Å². The van der Waals surface area contributed by atoms with Crippen molar-refractivity contribution in [2.45, 2.75) is 29.9 Å². The first-order chi connectivity index (χ1) is 10.3. The molecule has 2 heterocycles. The number of aromatic nitrogens is 4. The van der Waals surface area contributed by atoms with Crippen LogP contribution in [0.1, 0.15) is 19.2 Å². The minimum atomic E-state index is 0.618. The molecule has 0 aliphatic rings. The van der Waals surface area contributed by atoms with Gasteiger partial charge in [-0.25, -0.2) is 20.8 Å². The standard InChI is InChI=1S/C14H16N6S/c1-2-5-11-18-12(20-15)8-13(19-11)21-14-16-9-6-3-4-7-10(9)17-14/h3-4,6-8H,2,5,15H2,1H3,(H,16,17)(H,18,19,20). The van der Waals surface area contributed by atoms with Gasteiger partial charge in [0, 0.05) is 12.5 Å². The number of H-pyrrole nitrogens is 1. The Morgan fingerprint density at radius 2 is 2.10 bits per heavy atom. The van der Waals surface area contributed by atoms with Crippen LogP contribution in [0, 0.1) is 0 Å². The van der Waals surface area contributed by atoms with Gasteiger partial charge < -0.3 is 10.4 Å². The SMILES string of the molecule is CCCc1nc(NN)cc(Sc2nc3ccccc3[nH]2)n1. The molecule has 0 amide bonds. The number of imidazole rings is 1. The summed E-state index contributed by atoms with van der Waals surface area (Å²) < 4.78 is 0. The van der Waals surface area contributed by atoms with E-state index < -0.39 is 0 Å². The number of nitrogens with two attached hydrogens (primary N) is 1. The molecular weight excluding hydrogens is 284 g/mol. The molecule has 3 rings (SSSR count). The van der Waals surface area contributed by atoms with Crippen LogP contribution in [0.25, 0.3) is 11.0 Å². The summed E-state index contributed by atoms with van der Waals surface area (Å²) in [7, 11) is 0. The van der Waals surface area contributed by atoms with Crippen molar-refractivity contribution in [1.29, 1.82) is 0 Å². The van der Waals surface area contributed by atoms with Crippen LogP contribution < -0.4 is 11.3 Å². The van der Waals surface area contributed by atoms with Crippen LogP contribution in [0.4, 0.5) is 5.82 Å². The molecule has 108 valence electrons. The maximum absolute atomic E-state index is 5.47. The molecule has 0 bridgehead atoms. The number of aromatic amines is 1. The van der Waals surface area contributed by atoms with Crippen LogP contribution in [0.3, 0.4) is 0 Å². The molecule has 0 spiro atoms. The minimum Gasteiger partial charge on any atom is -0.333 e. The van der Waals surface area contributed by atoms with Gasteiger partial charge in [0.05, 0.1) is 11.0 Å². The van der Waals surface area contributed by atoms with E-state index in [1.807, 2.05) is 30.3 Å².